The third-order valence-corrected chi connectivity index (χ3v) is 5.37. The van der Waals surface area contributed by atoms with Crippen LogP contribution in [-0.2, 0) is 14.3 Å². The molecule has 3 rings (SSSR count). The van der Waals surface area contributed by atoms with Gasteiger partial charge in [0.2, 0.25) is 11.8 Å². The molecule has 0 bridgehead atoms. The van der Waals surface area contributed by atoms with Gasteiger partial charge in [-0.15, -0.1) is 5.10 Å². The Morgan fingerprint density at radius 2 is 1.88 bits per heavy atom. The van der Waals surface area contributed by atoms with Crippen LogP contribution in [0.1, 0.15) is 29.3 Å². The third-order valence-electron chi connectivity index (χ3n) is 4.30. The molecule has 0 spiro atoms. The molecule has 2 N–H and O–H groups in total. The number of hydrogen-bond donors (Lipinski definition) is 2. The fourth-order valence-corrected chi connectivity index (χ4v) is 3.63. The average Bonchev–Trinajstić information content (AvgIpc) is 3.13. The minimum Gasteiger partial charge on any atom is -0.497 e. The third kappa shape index (κ3) is 6.42. The standard InChI is InChI=1S/C22H22N4O5S/c1-3-31-21(29)15-6-8-16(9-7-15)24-19(27)12-18-20(28)25-22(32-18)26-23-13-14-4-10-17(30-2)11-5-14/h4-11,13,18H,3,12H2,1-2H3,(H,24,27)(H,25,26,28)/b23-13+. The van der Waals surface area contributed by atoms with E-state index in [0.717, 1.165) is 23.1 Å². The predicted molar refractivity (Wildman–Crippen MR) is 123 cm³/mol. The summed E-state index contributed by atoms with van der Waals surface area (Å²) in [6.07, 6.45) is 1.52. The maximum Gasteiger partial charge on any atom is 0.338 e. The Morgan fingerprint density at radius 1 is 1.16 bits per heavy atom. The fourth-order valence-electron chi connectivity index (χ4n) is 2.71. The van der Waals surface area contributed by atoms with Gasteiger partial charge in [-0.1, -0.05) is 11.8 Å². The number of carbonyl (C=O) groups excluding carboxylic acids is 3. The van der Waals surface area contributed by atoms with Gasteiger partial charge in [-0.3, -0.25) is 9.59 Å². The summed E-state index contributed by atoms with van der Waals surface area (Å²) >= 11 is 1.14. The van der Waals surface area contributed by atoms with E-state index in [4.69, 9.17) is 9.47 Å². The van der Waals surface area contributed by atoms with Crippen LogP contribution in [0, 0.1) is 0 Å². The highest BCUT2D eigenvalue weighted by Gasteiger charge is 2.32. The molecule has 32 heavy (non-hydrogen) atoms. The lowest BCUT2D eigenvalue weighted by molar-refractivity contribution is -0.122. The van der Waals surface area contributed by atoms with Gasteiger partial charge in [-0.05, 0) is 61.0 Å². The lowest BCUT2D eigenvalue weighted by atomic mass is 10.2. The molecule has 0 aromatic heterocycles. The van der Waals surface area contributed by atoms with Crippen LogP contribution in [0.25, 0.3) is 0 Å². The molecule has 2 aromatic carbocycles. The van der Waals surface area contributed by atoms with Crippen molar-refractivity contribution in [3.05, 3.63) is 59.7 Å². The van der Waals surface area contributed by atoms with Gasteiger partial charge < -0.3 is 20.1 Å². The lowest BCUT2D eigenvalue weighted by Crippen LogP contribution is -2.28. The van der Waals surface area contributed by atoms with Crippen molar-refractivity contribution in [2.45, 2.75) is 18.6 Å². The van der Waals surface area contributed by atoms with E-state index < -0.39 is 11.2 Å². The molecule has 1 atom stereocenters. The largest absolute Gasteiger partial charge is 0.497 e. The summed E-state index contributed by atoms with van der Waals surface area (Å²) in [6.45, 7) is 2.02. The number of nitrogens with zero attached hydrogens (tertiary/aromatic N) is 2. The van der Waals surface area contributed by atoms with Crippen LogP contribution in [0.15, 0.2) is 58.7 Å². The van der Waals surface area contributed by atoms with Gasteiger partial charge in [0.1, 0.15) is 11.0 Å². The summed E-state index contributed by atoms with van der Waals surface area (Å²) in [5.41, 5.74) is 1.74. The summed E-state index contributed by atoms with van der Waals surface area (Å²) in [5.74, 6) is -0.320. The lowest BCUT2D eigenvalue weighted by Gasteiger charge is -2.08. The number of rotatable bonds is 8. The van der Waals surface area contributed by atoms with E-state index in [1.165, 1.54) is 0 Å². The molecule has 1 aliphatic rings. The highest BCUT2D eigenvalue weighted by molar-refractivity contribution is 8.15. The summed E-state index contributed by atoms with van der Waals surface area (Å²) in [6, 6.07) is 13.6. The number of ether oxygens (including phenoxy) is 2. The number of hydrogen-bond acceptors (Lipinski definition) is 8. The van der Waals surface area contributed by atoms with Crippen molar-refractivity contribution in [1.82, 2.24) is 5.32 Å². The number of methoxy groups -OCH3 is 1. The first-order valence-electron chi connectivity index (χ1n) is 9.78. The highest BCUT2D eigenvalue weighted by atomic mass is 32.2. The molecule has 166 valence electrons. The summed E-state index contributed by atoms with van der Waals surface area (Å²) in [4.78, 5) is 36.1. The number of anilines is 1. The van der Waals surface area contributed by atoms with Gasteiger partial charge in [0.05, 0.1) is 25.5 Å². The van der Waals surface area contributed by atoms with Crippen molar-refractivity contribution >= 4 is 46.6 Å². The van der Waals surface area contributed by atoms with Crippen molar-refractivity contribution in [2.75, 3.05) is 19.0 Å². The second-order valence-electron chi connectivity index (χ2n) is 6.57. The Hall–Kier alpha value is -3.66. The molecule has 9 nitrogen and oxygen atoms in total. The van der Waals surface area contributed by atoms with Gasteiger partial charge in [-0.25, -0.2) is 4.79 Å². The van der Waals surface area contributed by atoms with Crippen molar-refractivity contribution in [1.29, 1.82) is 0 Å². The predicted octanol–water partition coefficient (Wildman–Crippen LogP) is 2.82. The van der Waals surface area contributed by atoms with E-state index in [1.54, 1.807) is 56.6 Å². The van der Waals surface area contributed by atoms with Crippen LogP contribution in [0.2, 0.25) is 0 Å². The van der Waals surface area contributed by atoms with Gasteiger partial charge in [-0.2, -0.15) is 5.10 Å². The summed E-state index contributed by atoms with van der Waals surface area (Å²) in [7, 11) is 1.59. The number of amidine groups is 1. The molecule has 1 aliphatic heterocycles. The number of benzene rings is 2. The Kier molecular flexibility index (Phi) is 7.98. The second-order valence-corrected chi connectivity index (χ2v) is 7.76. The fraction of sp³-hybridized carbons (Fsp3) is 0.227. The van der Waals surface area contributed by atoms with E-state index in [0.29, 0.717) is 16.4 Å². The number of esters is 1. The van der Waals surface area contributed by atoms with Gasteiger partial charge in [0.25, 0.3) is 0 Å². The van der Waals surface area contributed by atoms with Crippen LogP contribution in [0.5, 0.6) is 5.75 Å². The summed E-state index contributed by atoms with van der Waals surface area (Å²) in [5, 5.41) is 13.0. The molecule has 0 aliphatic carbocycles. The van der Waals surface area contributed by atoms with Crippen molar-refractivity contribution in [2.24, 2.45) is 10.2 Å². The molecular weight excluding hydrogens is 432 g/mol. The molecule has 1 fully saturated rings. The Balaban J connectivity index is 1.51. The second kappa shape index (κ2) is 11.1. The number of nitrogens with one attached hydrogen (secondary N) is 2. The molecule has 2 amide bonds. The number of carbonyl (C=O) groups is 3. The zero-order chi connectivity index (χ0) is 22.9. The first kappa shape index (κ1) is 23.0. The molecule has 1 heterocycles. The van der Waals surface area contributed by atoms with E-state index in [-0.39, 0.29) is 24.8 Å². The Bertz CT molecular complexity index is 1040. The maximum absolute atomic E-state index is 12.3. The molecule has 1 saturated heterocycles. The van der Waals surface area contributed by atoms with E-state index in [2.05, 4.69) is 20.8 Å². The van der Waals surface area contributed by atoms with E-state index >= 15 is 0 Å². The van der Waals surface area contributed by atoms with E-state index in [9.17, 15) is 14.4 Å². The van der Waals surface area contributed by atoms with Crippen molar-refractivity contribution in [3.8, 4) is 5.75 Å². The van der Waals surface area contributed by atoms with Crippen LogP contribution >= 0.6 is 11.8 Å². The van der Waals surface area contributed by atoms with Crippen LogP contribution in [0.3, 0.4) is 0 Å². The normalized spacial score (nSPS) is 16.8. The molecule has 1 unspecified atom stereocenters. The van der Waals surface area contributed by atoms with Crippen molar-refractivity contribution < 1.29 is 23.9 Å². The molecule has 0 radical (unpaired) electrons. The highest BCUT2D eigenvalue weighted by Crippen LogP contribution is 2.23. The Morgan fingerprint density at radius 3 is 2.53 bits per heavy atom. The molecule has 0 saturated carbocycles. The monoisotopic (exact) mass is 454 g/mol. The summed E-state index contributed by atoms with van der Waals surface area (Å²) < 4.78 is 10.0. The van der Waals surface area contributed by atoms with Crippen molar-refractivity contribution in [3.63, 3.8) is 0 Å². The zero-order valence-electron chi connectivity index (χ0n) is 17.5. The molecular formula is C22H22N4O5S. The number of thioether (sulfide) groups is 1. The minimum absolute atomic E-state index is 0.0304. The molecule has 2 aromatic rings. The SMILES string of the molecule is CCOC(=O)c1ccc(NC(=O)CC2S/C(=N/N=C/c3ccc(OC)cc3)NC2=O)cc1. The minimum atomic E-state index is -0.608. The van der Waals surface area contributed by atoms with Crippen LogP contribution < -0.4 is 15.4 Å². The van der Waals surface area contributed by atoms with E-state index in [1.807, 2.05) is 12.1 Å². The quantitative estimate of drug-likeness (QED) is 0.360. The molecule has 10 heteroatoms. The average molecular weight is 455 g/mol. The van der Waals surface area contributed by atoms with Gasteiger partial charge in [0, 0.05) is 12.1 Å². The maximum atomic E-state index is 12.3. The Labute approximate surface area is 189 Å². The topological polar surface area (TPSA) is 118 Å². The first-order valence-corrected chi connectivity index (χ1v) is 10.7. The smallest absolute Gasteiger partial charge is 0.338 e. The first-order chi connectivity index (χ1) is 15.5. The zero-order valence-corrected chi connectivity index (χ0v) is 18.3. The van der Waals surface area contributed by atoms with Gasteiger partial charge in [0.15, 0.2) is 5.17 Å². The number of amides is 2. The van der Waals surface area contributed by atoms with Crippen LogP contribution in [-0.4, -0.2) is 48.1 Å². The van der Waals surface area contributed by atoms with Crippen LogP contribution in [0.4, 0.5) is 5.69 Å². The van der Waals surface area contributed by atoms with Gasteiger partial charge >= 0.3 is 5.97 Å².